The Hall–Kier alpha value is -2.54. The molecule has 7 nitrogen and oxygen atoms in total. The number of para-hydroxylation sites is 1. The van der Waals surface area contributed by atoms with Crippen molar-refractivity contribution in [3.05, 3.63) is 42.4 Å². The Morgan fingerprint density at radius 1 is 1.37 bits per heavy atom. The van der Waals surface area contributed by atoms with Crippen LogP contribution < -0.4 is 11.3 Å². The molecule has 2 aromatic heterocycles. The molecule has 0 saturated carbocycles. The van der Waals surface area contributed by atoms with Crippen LogP contribution in [-0.4, -0.2) is 26.1 Å². The zero-order chi connectivity index (χ0) is 12.4. The number of nitrogens with zero attached hydrogens (tertiary/aromatic N) is 4. The molecule has 19 heavy (non-hydrogen) atoms. The maximum atomic E-state index is 5.54. The molecule has 0 unspecified atom stereocenters. The SMILES string of the molecule is Cl.Nn1cnnc1NN=Cc1c[nH]c2ccccc12. The maximum Gasteiger partial charge on any atom is 0.263 e. The lowest BCUT2D eigenvalue weighted by atomic mass is 10.2. The molecule has 8 heteroatoms. The van der Waals surface area contributed by atoms with Crippen LogP contribution in [0.3, 0.4) is 0 Å². The third kappa shape index (κ3) is 2.50. The van der Waals surface area contributed by atoms with Gasteiger partial charge in [-0.05, 0) is 6.07 Å². The first kappa shape index (κ1) is 12.9. The molecule has 0 aliphatic rings. The molecule has 0 amide bonds. The van der Waals surface area contributed by atoms with E-state index in [9.17, 15) is 0 Å². The fourth-order valence-corrected chi connectivity index (χ4v) is 1.68. The number of nitrogen functional groups attached to an aromatic ring is 1. The average molecular weight is 278 g/mol. The second-order valence-electron chi connectivity index (χ2n) is 3.72. The summed E-state index contributed by atoms with van der Waals surface area (Å²) in [7, 11) is 0. The number of nitrogens with one attached hydrogen (secondary N) is 2. The number of rotatable bonds is 3. The first-order valence-corrected chi connectivity index (χ1v) is 5.35. The molecule has 0 fully saturated rings. The minimum atomic E-state index is 0. The van der Waals surface area contributed by atoms with E-state index in [2.05, 4.69) is 25.7 Å². The van der Waals surface area contributed by atoms with Gasteiger partial charge in [0.1, 0.15) is 6.33 Å². The van der Waals surface area contributed by atoms with Crippen molar-refractivity contribution in [2.24, 2.45) is 5.10 Å². The zero-order valence-electron chi connectivity index (χ0n) is 9.82. The number of halogens is 1. The van der Waals surface area contributed by atoms with E-state index in [4.69, 9.17) is 5.84 Å². The number of aromatic amines is 1. The van der Waals surface area contributed by atoms with Crippen molar-refractivity contribution in [1.82, 2.24) is 19.9 Å². The molecule has 0 spiro atoms. The molecule has 2 heterocycles. The summed E-state index contributed by atoms with van der Waals surface area (Å²) in [5.41, 5.74) is 4.77. The topological polar surface area (TPSA) is 96.9 Å². The fourth-order valence-electron chi connectivity index (χ4n) is 1.68. The average Bonchev–Trinajstić information content (AvgIpc) is 2.97. The second kappa shape index (κ2) is 5.40. The molecule has 0 atom stereocenters. The number of hydrogen-bond acceptors (Lipinski definition) is 5. The quantitative estimate of drug-likeness (QED) is 0.382. The molecule has 3 rings (SSSR count). The minimum absolute atomic E-state index is 0. The van der Waals surface area contributed by atoms with Crippen LogP contribution in [0.25, 0.3) is 10.9 Å². The highest BCUT2D eigenvalue weighted by molar-refractivity contribution is 5.99. The predicted molar refractivity (Wildman–Crippen MR) is 76.9 cm³/mol. The van der Waals surface area contributed by atoms with Crippen molar-refractivity contribution in [2.45, 2.75) is 0 Å². The number of aromatic nitrogens is 4. The van der Waals surface area contributed by atoms with E-state index < -0.39 is 0 Å². The minimum Gasteiger partial charge on any atom is -0.361 e. The van der Waals surface area contributed by atoms with Crippen molar-refractivity contribution in [2.75, 3.05) is 11.3 Å². The van der Waals surface area contributed by atoms with Gasteiger partial charge in [-0.15, -0.1) is 22.6 Å². The zero-order valence-corrected chi connectivity index (χ0v) is 10.6. The molecule has 3 aromatic rings. The molecule has 0 saturated heterocycles. The van der Waals surface area contributed by atoms with Gasteiger partial charge in [-0.3, -0.25) is 0 Å². The highest BCUT2D eigenvalue weighted by Crippen LogP contribution is 2.15. The van der Waals surface area contributed by atoms with Crippen molar-refractivity contribution >= 4 is 35.5 Å². The van der Waals surface area contributed by atoms with Crippen LogP contribution in [0.15, 0.2) is 41.9 Å². The summed E-state index contributed by atoms with van der Waals surface area (Å²) in [6, 6.07) is 8.00. The summed E-state index contributed by atoms with van der Waals surface area (Å²) in [4.78, 5) is 3.17. The van der Waals surface area contributed by atoms with E-state index in [1.165, 1.54) is 11.0 Å². The van der Waals surface area contributed by atoms with Crippen molar-refractivity contribution in [3.8, 4) is 0 Å². The summed E-state index contributed by atoms with van der Waals surface area (Å²) >= 11 is 0. The molecule has 4 N–H and O–H groups in total. The van der Waals surface area contributed by atoms with Crippen LogP contribution in [0.1, 0.15) is 5.56 Å². The number of hydrogen-bond donors (Lipinski definition) is 3. The molecule has 0 bridgehead atoms. The van der Waals surface area contributed by atoms with E-state index >= 15 is 0 Å². The number of fused-ring (bicyclic) bond motifs is 1. The van der Waals surface area contributed by atoms with E-state index in [1.807, 2.05) is 30.5 Å². The Morgan fingerprint density at radius 2 is 2.21 bits per heavy atom. The number of anilines is 1. The van der Waals surface area contributed by atoms with Crippen molar-refractivity contribution in [3.63, 3.8) is 0 Å². The first-order chi connectivity index (χ1) is 8.84. The van der Waals surface area contributed by atoms with Gasteiger partial charge < -0.3 is 10.8 Å². The first-order valence-electron chi connectivity index (χ1n) is 5.35. The van der Waals surface area contributed by atoms with E-state index in [1.54, 1.807) is 6.21 Å². The Bertz CT molecular complexity index is 700. The fraction of sp³-hybridized carbons (Fsp3) is 0. The van der Waals surface area contributed by atoms with Crippen molar-refractivity contribution in [1.29, 1.82) is 0 Å². The normalized spacial score (nSPS) is 10.7. The van der Waals surface area contributed by atoms with Crippen LogP contribution >= 0.6 is 12.4 Å². The lowest BCUT2D eigenvalue weighted by Gasteiger charge is -1.96. The third-order valence-electron chi connectivity index (χ3n) is 2.56. The van der Waals surface area contributed by atoms with Gasteiger partial charge in [-0.1, -0.05) is 18.2 Å². The predicted octanol–water partition coefficient (Wildman–Crippen LogP) is 1.34. The van der Waals surface area contributed by atoms with Crippen LogP contribution in [0, 0.1) is 0 Å². The van der Waals surface area contributed by atoms with Gasteiger partial charge in [0.05, 0.1) is 6.21 Å². The third-order valence-corrected chi connectivity index (χ3v) is 2.56. The standard InChI is InChI=1S/C11H11N7.ClH/c12-18-7-15-17-11(18)16-14-6-8-5-13-10-4-2-1-3-9(8)10;/h1-7,13H,12H2,(H,16,17);1H. The Balaban J connectivity index is 0.00000133. The molecule has 0 radical (unpaired) electrons. The van der Waals surface area contributed by atoms with Gasteiger partial charge in [0.25, 0.3) is 5.95 Å². The van der Waals surface area contributed by atoms with Crippen molar-refractivity contribution < 1.29 is 0 Å². The van der Waals surface area contributed by atoms with E-state index in [0.29, 0.717) is 5.95 Å². The summed E-state index contributed by atoms with van der Waals surface area (Å²) in [5.74, 6) is 5.92. The highest BCUT2D eigenvalue weighted by atomic mass is 35.5. The molecular weight excluding hydrogens is 266 g/mol. The Morgan fingerprint density at radius 3 is 3.00 bits per heavy atom. The maximum absolute atomic E-state index is 5.54. The Kier molecular flexibility index (Phi) is 3.67. The number of benzene rings is 1. The van der Waals surface area contributed by atoms with Gasteiger partial charge >= 0.3 is 0 Å². The van der Waals surface area contributed by atoms with Crippen LogP contribution in [0.2, 0.25) is 0 Å². The van der Waals surface area contributed by atoms with Gasteiger partial charge in [0.2, 0.25) is 0 Å². The summed E-state index contributed by atoms with van der Waals surface area (Å²) in [6.07, 6.45) is 4.99. The largest absolute Gasteiger partial charge is 0.361 e. The van der Waals surface area contributed by atoms with Gasteiger partial charge in [-0.25, -0.2) is 10.1 Å². The van der Waals surface area contributed by atoms with Gasteiger partial charge in [-0.2, -0.15) is 5.10 Å². The molecule has 1 aromatic carbocycles. The smallest absolute Gasteiger partial charge is 0.263 e. The summed E-state index contributed by atoms with van der Waals surface area (Å²) < 4.78 is 1.26. The van der Waals surface area contributed by atoms with Gasteiger partial charge in [0.15, 0.2) is 0 Å². The molecule has 0 aliphatic carbocycles. The number of hydrazone groups is 1. The molecule has 0 aliphatic heterocycles. The Labute approximate surface area is 114 Å². The second-order valence-corrected chi connectivity index (χ2v) is 3.72. The molecule has 98 valence electrons. The van der Waals surface area contributed by atoms with E-state index in [-0.39, 0.29) is 12.4 Å². The summed E-state index contributed by atoms with van der Waals surface area (Å²) in [6.45, 7) is 0. The lowest BCUT2D eigenvalue weighted by molar-refractivity contribution is 0.988. The number of nitrogens with two attached hydrogens (primary N) is 1. The molecular formula is C11H12ClN7. The van der Waals surface area contributed by atoms with Gasteiger partial charge in [0, 0.05) is 22.7 Å². The summed E-state index contributed by atoms with van der Waals surface area (Å²) in [5, 5.41) is 12.6. The number of H-pyrrole nitrogens is 1. The van der Waals surface area contributed by atoms with Crippen LogP contribution in [0.5, 0.6) is 0 Å². The monoisotopic (exact) mass is 277 g/mol. The van der Waals surface area contributed by atoms with Crippen LogP contribution in [0.4, 0.5) is 5.95 Å². The van der Waals surface area contributed by atoms with Crippen LogP contribution in [-0.2, 0) is 0 Å². The lowest BCUT2D eigenvalue weighted by Crippen LogP contribution is -2.10. The van der Waals surface area contributed by atoms with E-state index in [0.717, 1.165) is 16.5 Å². The highest BCUT2D eigenvalue weighted by Gasteiger charge is 2.00.